The van der Waals surface area contributed by atoms with Crippen LogP contribution in [0, 0.1) is 20.2 Å². The number of alkyl halides is 6. The van der Waals surface area contributed by atoms with Gasteiger partial charge in [-0.1, -0.05) is 13.8 Å². The number of carbonyl (C=O) groups is 1. The molecular formula is C31H24F6N4O9. The first-order valence-electron chi connectivity index (χ1n) is 14.3. The standard InChI is InChI=1S/C31H24F6N4O9/c1-15(7-17-9-23(30(32,33)34)27(42)38-13-17)21-11-19(40(45)46)3-5-25(21)49-29(44)50-26-6-4-20(41(47)48)12-22(26)16(2)8-18-10-24(31(35,36)37)28(43)39-14-18/h3-6,9-16H,7-8H2,1-2H3,(H,38,42)(H,39,43). The molecule has 2 atom stereocenters. The highest BCUT2D eigenvalue weighted by molar-refractivity contribution is 5.69. The van der Waals surface area contributed by atoms with Gasteiger partial charge in [-0.3, -0.25) is 29.8 Å². The van der Waals surface area contributed by atoms with E-state index in [9.17, 15) is 61.0 Å². The van der Waals surface area contributed by atoms with Crippen LogP contribution < -0.4 is 20.6 Å². The first-order chi connectivity index (χ1) is 23.2. The van der Waals surface area contributed by atoms with Gasteiger partial charge in [0.1, 0.15) is 22.6 Å². The number of nitro groups is 2. The van der Waals surface area contributed by atoms with Gasteiger partial charge >= 0.3 is 18.5 Å². The number of H-pyrrole nitrogens is 2. The number of benzene rings is 2. The maximum atomic E-state index is 13.3. The van der Waals surface area contributed by atoms with Crippen LogP contribution in [-0.2, 0) is 25.2 Å². The number of nitrogens with one attached hydrogen (secondary N) is 2. The van der Waals surface area contributed by atoms with Crippen LogP contribution in [0.1, 0.15) is 59.1 Å². The fourth-order valence-corrected chi connectivity index (χ4v) is 5.10. The molecule has 0 fully saturated rings. The number of nitrogens with zero attached hydrogens (tertiary/aromatic N) is 2. The molecule has 2 N–H and O–H groups in total. The second-order valence-corrected chi connectivity index (χ2v) is 11.1. The predicted octanol–water partition coefficient (Wildman–Crippen LogP) is 7.19. The highest BCUT2D eigenvalue weighted by Crippen LogP contribution is 2.36. The molecule has 0 saturated heterocycles. The molecule has 4 rings (SSSR count). The number of hydrogen-bond acceptors (Lipinski definition) is 9. The molecule has 2 aromatic heterocycles. The molecule has 0 aliphatic carbocycles. The average Bonchev–Trinajstić information content (AvgIpc) is 3.01. The molecule has 2 unspecified atom stereocenters. The van der Waals surface area contributed by atoms with E-state index in [4.69, 9.17) is 9.47 Å². The van der Waals surface area contributed by atoms with E-state index >= 15 is 0 Å². The van der Waals surface area contributed by atoms with Gasteiger partial charge in [0.2, 0.25) is 0 Å². The van der Waals surface area contributed by atoms with Crippen molar-refractivity contribution in [2.24, 2.45) is 0 Å². The Kier molecular flexibility index (Phi) is 10.5. The Bertz CT molecular complexity index is 1930. The molecule has 2 heterocycles. The van der Waals surface area contributed by atoms with Crippen molar-refractivity contribution in [2.75, 3.05) is 0 Å². The lowest BCUT2D eigenvalue weighted by molar-refractivity contribution is -0.385. The summed E-state index contributed by atoms with van der Waals surface area (Å²) in [6.45, 7) is 2.93. The molecule has 13 nitrogen and oxygen atoms in total. The molecule has 0 spiro atoms. The number of nitro benzene ring substituents is 2. The minimum absolute atomic E-state index is 0.00110. The molecule has 4 aromatic rings. The maximum Gasteiger partial charge on any atom is 0.519 e. The summed E-state index contributed by atoms with van der Waals surface area (Å²) < 4.78 is 90.4. The first-order valence-corrected chi connectivity index (χ1v) is 14.3. The highest BCUT2D eigenvalue weighted by atomic mass is 19.4. The number of halogens is 6. The van der Waals surface area contributed by atoms with Crippen LogP contribution in [0.15, 0.2) is 70.5 Å². The molecule has 50 heavy (non-hydrogen) atoms. The van der Waals surface area contributed by atoms with E-state index in [1.165, 1.54) is 13.8 Å². The molecule has 0 amide bonds. The summed E-state index contributed by atoms with van der Waals surface area (Å²) in [5.74, 6) is -2.28. The monoisotopic (exact) mass is 710 g/mol. The van der Waals surface area contributed by atoms with Crippen molar-refractivity contribution in [3.63, 3.8) is 0 Å². The van der Waals surface area contributed by atoms with Crippen molar-refractivity contribution in [1.82, 2.24) is 9.97 Å². The summed E-state index contributed by atoms with van der Waals surface area (Å²) in [6.07, 6.45) is -9.72. The van der Waals surface area contributed by atoms with Crippen molar-refractivity contribution >= 4 is 17.5 Å². The van der Waals surface area contributed by atoms with Crippen LogP contribution in [0.4, 0.5) is 42.5 Å². The van der Waals surface area contributed by atoms with Gasteiger partial charge < -0.3 is 19.4 Å². The zero-order chi connectivity index (χ0) is 37.1. The van der Waals surface area contributed by atoms with E-state index < -0.39 is 73.8 Å². The fourth-order valence-electron chi connectivity index (χ4n) is 5.10. The summed E-state index contributed by atoms with van der Waals surface area (Å²) in [5.41, 5.74) is -6.59. The number of aromatic amines is 2. The van der Waals surface area contributed by atoms with Gasteiger partial charge in [0.05, 0.1) is 9.85 Å². The Morgan fingerprint density at radius 1 is 0.700 bits per heavy atom. The van der Waals surface area contributed by atoms with Crippen molar-refractivity contribution in [3.05, 3.63) is 135 Å². The summed E-state index contributed by atoms with van der Waals surface area (Å²) in [7, 11) is 0. The Morgan fingerprint density at radius 2 is 1.06 bits per heavy atom. The third-order valence-corrected chi connectivity index (χ3v) is 7.48. The second-order valence-electron chi connectivity index (χ2n) is 11.1. The molecule has 0 bridgehead atoms. The Hall–Kier alpha value is -6.01. The molecule has 19 heteroatoms. The summed E-state index contributed by atoms with van der Waals surface area (Å²) >= 11 is 0. The van der Waals surface area contributed by atoms with Crippen molar-refractivity contribution < 1.29 is 50.5 Å². The molecule has 0 radical (unpaired) electrons. The predicted molar refractivity (Wildman–Crippen MR) is 161 cm³/mol. The van der Waals surface area contributed by atoms with Crippen LogP contribution in [0.2, 0.25) is 0 Å². The Morgan fingerprint density at radius 3 is 1.38 bits per heavy atom. The van der Waals surface area contributed by atoms with E-state index in [1.807, 2.05) is 9.97 Å². The highest BCUT2D eigenvalue weighted by Gasteiger charge is 2.35. The molecule has 264 valence electrons. The topological polar surface area (TPSA) is 188 Å². The minimum Gasteiger partial charge on any atom is -0.394 e. The number of ether oxygens (including phenoxy) is 2. The minimum atomic E-state index is -4.96. The Labute approximate surface area is 275 Å². The first kappa shape index (κ1) is 36.8. The number of hydrogen-bond donors (Lipinski definition) is 2. The summed E-state index contributed by atoms with van der Waals surface area (Å²) in [6, 6.07) is 7.37. The number of aromatic nitrogens is 2. The van der Waals surface area contributed by atoms with E-state index in [-0.39, 0.29) is 46.6 Å². The third kappa shape index (κ3) is 8.71. The normalized spacial score (nSPS) is 13.0. The van der Waals surface area contributed by atoms with E-state index in [0.29, 0.717) is 12.1 Å². The molecule has 0 saturated carbocycles. The van der Waals surface area contributed by atoms with Crippen molar-refractivity contribution in [2.45, 2.75) is 50.9 Å². The largest absolute Gasteiger partial charge is 0.519 e. The lowest BCUT2D eigenvalue weighted by atomic mass is 9.92. The molecule has 0 aliphatic heterocycles. The molecular weight excluding hydrogens is 686 g/mol. The Balaban J connectivity index is 1.63. The number of carbonyl (C=O) groups excluding carboxylic acids is 1. The summed E-state index contributed by atoms with van der Waals surface area (Å²) in [5, 5.41) is 23.0. The third-order valence-electron chi connectivity index (χ3n) is 7.48. The number of rotatable bonds is 10. The fraction of sp³-hybridized carbons (Fsp3) is 0.258. The number of non-ortho nitro benzene ring substituents is 2. The zero-order valence-corrected chi connectivity index (χ0v) is 25.7. The van der Waals surface area contributed by atoms with E-state index in [2.05, 4.69) is 0 Å². The van der Waals surface area contributed by atoms with Gasteiger partial charge in [-0.05, 0) is 60.1 Å². The quantitative estimate of drug-likeness (QED) is 0.0565. The van der Waals surface area contributed by atoms with Gasteiger partial charge in [-0.15, -0.1) is 0 Å². The summed E-state index contributed by atoms with van der Waals surface area (Å²) in [4.78, 5) is 61.8. The van der Waals surface area contributed by atoms with E-state index in [1.54, 1.807) is 0 Å². The molecule has 0 aliphatic rings. The van der Waals surface area contributed by atoms with Crippen LogP contribution in [0.25, 0.3) is 0 Å². The number of pyridine rings is 2. The smallest absolute Gasteiger partial charge is 0.394 e. The van der Waals surface area contributed by atoms with Gasteiger partial charge in [-0.2, -0.15) is 26.3 Å². The SMILES string of the molecule is CC(Cc1c[nH]c(=O)c(C(F)(F)F)c1)c1cc([N+](=O)[O-])ccc1OC(=O)Oc1ccc([N+](=O)[O-])cc1C(C)Cc1c[nH]c(=O)c(C(F)(F)F)c1. The lowest BCUT2D eigenvalue weighted by Crippen LogP contribution is -2.22. The average molecular weight is 711 g/mol. The second kappa shape index (κ2) is 14.2. The van der Waals surface area contributed by atoms with Crippen molar-refractivity contribution in [3.8, 4) is 11.5 Å². The van der Waals surface area contributed by atoms with Gasteiger partial charge in [0, 0.05) is 47.8 Å². The van der Waals surface area contributed by atoms with Crippen LogP contribution >= 0.6 is 0 Å². The van der Waals surface area contributed by atoms with E-state index in [0.717, 1.165) is 48.8 Å². The maximum absolute atomic E-state index is 13.3. The molecule has 2 aromatic carbocycles. The lowest BCUT2D eigenvalue weighted by Gasteiger charge is -2.18. The zero-order valence-electron chi connectivity index (χ0n) is 25.7. The van der Waals surface area contributed by atoms with Gasteiger partial charge in [-0.25, -0.2) is 4.79 Å². The van der Waals surface area contributed by atoms with Crippen LogP contribution in [0.5, 0.6) is 11.5 Å². The van der Waals surface area contributed by atoms with Crippen molar-refractivity contribution in [1.29, 1.82) is 0 Å². The van der Waals surface area contributed by atoms with Gasteiger partial charge in [0.15, 0.2) is 0 Å². The van der Waals surface area contributed by atoms with Gasteiger partial charge in [0.25, 0.3) is 22.5 Å². The van der Waals surface area contributed by atoms with Crippen LogP contribution in [-0.4, -0.2) is 26.0 Å². The van der Waals surface area contributed by atoms with Crippen LogP contribution in [0.3, 0.4) is 0 Å².